The van der Waals surface area contributed by atoms with Crippen molar-refractivity contribution in [3.63, 3.8) is 0 Å². The Morgan fingerprint density at radius 1 is 0.595 bits per heavy atom. The lowest BCUT2D eigenvalue weighted by Crippen LogP contribution is -1.95. The summed E-state index contributed by atoms with van der Waals surface area (Å²) in [5.41, 5.74) is 3.73. The number of carbonyl (C=O) groups is 2. The van der Waals surface area contributed by atoms with Gasteiger partial charge in [-0.05, 0) is 78.4 Å². The normalized spacial score (nSPS) is 9.84. The van der Waals surface area contributed by atoms with Gasteiger partial charge in [0.15, 0.2) is 0 Å². The molecule has 178 valence electrons. The second-order valence-electron chi connectivity index (χ2n) is 7.83. The van der Waals surface area contributed by atoms with Gasteiger partial charge in [-0.15, -0.1) is 0 Å². The zero-order valence-corrected chi connectivity index (χ0v) is 19.1. The van der Waals surface area contributed by atoms with E-state index in [-0.39, 0.29) is 16.8 Å². The van der Waals surface area contributed by atoms with Crippen LogP contribution in [0.5, 0.6) is 0 Å². The Kier molecular flexibility index (Phi) is 7.09. The van der Waals surface area contributed by atoms with Gasteiger partial charge in [0.25, 0.3) is 5.69 Å². The SMILES string of the molecule is O=C(O)c1ccc(C#Cc2ccc(-c3ccc(C#Cc4ccc(C(=O)O)cc4)cc3[N+](=O)[O-])cc2)cc1. The van der Waals surface area contributed by atoms with Gasteiger partial charge in [0.1, 0.15) is 0 Å². The minimum atomic E-state index is -1.03. The molecule has 0 aliphatic rings. The van der Waals surface area contributed by atoms with Crippen LogP contribution in [0.4, 0.5) is 5.69 Å². The van der Waals surface area contributed by atoms with Crippen LogP contribution in [0.15, 0.2) is 91.0 Å². The van der Waals surface area contributed by atoms with E-state index >= 15 is 0 Å². The lowest BCUT2D eigenvalue weighted by molar-refractivity contribution is -0.384. The standard InChI is InChI=1S/C30H17NO6/c32-29(33)25-14-7-21(8-15-25)2-1-20-5-12-24(13-6-20)27-18-11-23(19-28(27)31(36)37)4-3-22-9-16-26(17-10-22)30(34)35/h5-19H,(H,32,33)(H,34,35). The molecule has 0 spiro atoms. The largest absolute Gasteiger partial charge is 0.478 e. The summed E-state index contributed by atoms with van der Waals surface area (Å²) >= 11 is 0. The number of carboxylic acid groups (broad SMARTS) is 2. The van der Waals surface area contributed by atoms with Gasteiger partial charge in [-0.25, -0.2) is 9.59 Å². The monoisotopic (exact) mass is 487 g/mol. The van der Waals surface area contributed by atoms with Gasteiger partial charge in [-0.2, -0.15) is 0 Å². The quantitative estimate of drug-likeness (QED) is 0.224. The van der Waals surface area contributed by atoms with E-state index in [1.54, 1.807) is 60.7 Å². The van der Waals surface area contributed by atoms with Crippen molar-refractivity contribution in [3.05, 3.63) is 134 Å². The molecule has 0 saturated carbocycles. The summed E-state index contributed by atoms with van der Waals surface area (Å²) in [6, 6.07) is 24.0. The number of benzene rings is 4. The highest BCUT2D eigenvalue weighted by Crippen LogP contribution is 2.31. The van der Waals surface area contributed by atoms with Crippen LogP contribution >= 0.6 is 0 Å². The van der Waals surface area contributed by atoms with Crippen molar-refractivity contribution in [1.29, 1.82) is 0 Å². The molecular weight excluding hydrogens is 470 g/mol. The maximum Gasteiger partial charge on any atom is 0.335 e. The van der Waals surface area contributed by atoms with Crippen LogP contribution < -0.4 is 0 Å². The van der Waals surface area contributed by atoms with Crippen LogP contribution in [0.25, 0.3) is 11.1 Å². The minimum absolute atomic E-state index is 0.0922. The number of nitro benzene ring substituents is 1. The average Bonchev–Trinajstić information content (AvgIpc) is 2.91. The molecule has 37 heavy (non-hydrogen) atoms. The van der Waals surface area contributed by atoms with Crippen LogP contribution in [-0.2, 0) is 0 Å². The van der Waals surface area contributed by atoms with Crippen molar-refractivity contribution < 1.29 is 24.7 Å². The van der Waals surface area contributed by atoms with Gasteiger partial charge in [0.2, 0.25) is 0 Å². The number of nitro groups is 1. The molecule has 0 radical (unpaired) electrons. The van der Waals surface area contributed by atoms with Crippen LogP contribution in [0, 0.1) is 33.8 Å². The van der Waals surface area contributed by atoms with E-state index in [1.807, 2.05) is 0 Å². The van der Waals surface area contributed by atoms with Crippen molar-refractivity contribution in [2.45, 2.75) is 0 Å². The lowest BCUT2D eigenvalue weighted by Gasteiger charge is -2.04. The molecule has 0 atom stereocenters. The number of aromatic carboxylic acids is 2. The first kappa shape index (κ1) is 24.5. The zero-order valence-electron chi connectivity index (χ0n) is 19.1. The van der Waals surface area contributed by atoms with Gasteiger partial charge in [0.05, 0.1) is 21.6 Å². The van der Waals surface area contributed by atoms with E-state index in [2.05, 4.69) is 23.7 Å². The van der Waals surface area contributed by atoms with Gasteiger partial charge in [0, 0.05) is 28.3 Å². The van der Waals surface area contributed by atoms with Gasteiger partial charge in [-0.1, -0.05) is 35.8 Å². The summed E-state index contributed by atoms with van der Waals surface area (Å²) in [6.45, 7) is 0. The summed E-state index contributed by atoms with van der Waals surface area (Å²) < 4.78 is 0. The number of rotatable bonds is 4. The molecule has 4 rings (SSSR count). The lowest BCUT2D eigenvalue weighted by atomic mass is 10.00. The van der Waals surface area contributed by atoms with E-state index in [1.165, 1.54) is 30.3 Å². The molecule has 0 aliphatic carbocycles. The van der Waals surface area contributed by atoms with Crippen LogP contribution in [-0.4, -0.2) is 27.1 Å². The number of carboxylic acids is 2. The Morgan fingerprint density at radius 2 is 0.973 bits per heavy atom. The fraction of sp³-hybridized carbons (Fsp3) is 0. The first-order valence-corrected chi connectivity index (χ1v) is 10.9. The molecule has 0 aliphatic heterocycles. The second kappa shape index (κ2) is 10.7. The third-order valence-electron chi connectivity index (χ3n) is 5.36. The van der Waals surface area contributed by atoms with Crippen molar-refractivity contribution in [2.24, 2.45) is 0 Å². The smallest absolute Gasteiger partial charge is 0.335 e. The second-order valence-corrected chi connectivity index (χ2v) is 7.83. The zero-order chi connectivity index (χ0) is 26.4. The molecule has 7 heteroatoms. The van der Waals surface area contributed by atoms with Gasteiger partial charge >= 0.3 is 11.9 Å². The molecule has 2 N–H and O–H groups in total. The first-order chi connectivity index (χ1) is 17.8. The van der Waals surface area contributed by atoms with E-state index in [0.29, 0.717) is 33.4 Å². The summed E-state index contributed by atoms with van der Waals surface area (Å²) in [4.78, 5) is 33.2. The van der Waals surface area contributed by atoms with Crippen LogP contribution in [0.1, 0.15) is 43.0 Å². The summed E-state index contributed by atoms with van der Waals surface area (Å²) in [6.07, 6.45) is 0. The molecule has 7 nitrogen and oxygen atoms in total. The number of nitrogens with zero attached hydrogens (tertiary/aromatic N) is 1. The molecule has 0 unspecified atom stereocenters. The Hall–Kier alpha value is -5.66. The maximum absolute atomic E-state index is 11.8. The average molecular weight is 487 g/mol. The molecule has 0 fully saturated rings. The van der Waals surface area contributed by atoms with E-state index < -0.39 is 16.9 Å². The molecule has 0 heterocycles. The van der Waals surface area contributed by atoms with Crippen LogP contribution in [0.3, 0.4) is 0 Å². The Balaban J connectivity index is 1.55. The highest BCUT2D eigenvalue weighted by molar-refractivity contribution is 5.88. The topological polar surface area (TPSA) is 118 Å². The Morgan fingerprint density at radius 3 is 1.38 bits per heavy atom. The van der Waals surface area contributed by atoms with Crippen molar-refractivity contribution >= 4 is 17.6 Å². The van der Waals surface area contributed by atoms with E-state index in [9.17, 15) is 19.7 Å². The molecule has 0 bridgehead atoms. The molecule has 0 aromatic heterocycles. The summed E-state index contributed by atoms with van der Waals surface area (Å²) in [5.74, 6) is 9.69. The van der Waals surface area contributed by atoms with E-state index in [4.69, 9.17) is 10.2 Å². The molecular formula is C30H17NO6. The van der Waals surface area contributed by atoms with Gasteiger partial charge < -0.3 is 10.2 Å². The van der Waals surface area contributed by atoms with E-state index in [0.717, 1.165) is 0 Å². The maximum atomic E-state index is 11.8. The fourth-order valence-electron chi connectivity index (χ4n) is 3.42. The predicted molar refractivity (Wildman–Crippen MR) is 137 cm³/mol. The number of hydrogen-bond acceptors (Lipinski definition) is 4. The minimum Gasteiger partial charge on any atom is -0.478 e. The molecule has 4 aromatic carbocycles. The number of hydrogen-bond donors (Lipinski definition) is 2. The third-order valence-corrected chi connectivity index (χ3v) is 5.36. The van der Waals surface area contributed by atoms with Crippen molar-refractivity contribution in [1.82, 2.24) is 0 Å². The molecule has 4 aromatic rings. The first-order valence-electron chi connectivity index (χ1n) is 10.9. The third kappa shape index (κ3) is 6.07. The predicted octanol–water partition coefficient (Wildman–Crippen LogP) is 5.46. The highest BCUT2D eigenvalue weighted by Gasteiger charge is 2.16. The fourth-order valence-corrected chi connectivity index (χ4v) is 3.42. The summed E-state index contributed by atoms with van der Waals surface area (Å²) in [5, 5.41) is 29.7. The summed E-state index contributed by atoms with van der Waals surface area (Å²) in [7, 11) is 0. The Bertz CT molecular complexity index is 1630. The molecule has 0 amide bonds. The van der Waals surface area contributed by atoms with Crippen molar-refractivity contribution in [3.8, 4) is 34.8 Å². The molecule has 0 saturated heterocycles. The van der Waals surface area contributed by atoms with Gasteiger partial charge in [-0.3, -0.25) is 10.1 Å². The highest BCUT2D eigenvalue weighted by atomic mass is 16.6. The Labute approximate surface area is 211 Å². The van der Waals surface area contributed by atoms with Crippen molar-refractivity contribution in [2.75, 3.05) is 0 Å². The van der Waals surface area contributed by atoms with Crippen LogP contribution in [0.2, 0.25) is 0 Å².